The number of carboxylic acid groups (broad SMARTS) is 1. The van der Waals surface area contributed by atoms with Gasteiger partial charge in [-0.3, -0.25) is 29.4 Å². The van der Waals surface area contributed by atoms with Crippen LogP contribution >= 0.6 is 0 Å². The Morgan fingerprint density at radius 2 is 1.66 bits per heavy atom. The quantitative estimate of drug-likeness (QED) is 0.0939. The number of ether oxygens (including phenoxy) is 1. The number of hydrogen-bond acceptors (Lipinski definition) is 7. The second-order valence-corrected chi connectivity index (χ2v) is 16.9. The van der Waals surface area contributed by atoms with Gasteiger partial charge in [0.2, 0.25) is 11.8 Å². The molecule has 15 heteroatoms. The van der Waals surface area contributed by atoms with Gasteiger partial charge in [0.25, 0.3) is 11.5 Å². The van der Waals surface area contributed by atoms with Crippen LogP contribution < -0.4 is 26.8 Å². The molecule has 314 valence electrons. The molecule has 2 aliphatic rings. The largest absolute Gasteiger partial charge is 0.465 e. The zero-order valence-corrected chi connectivity index (χ0v) is 34.3. The molecule has 3 aromatic carbocycles. The predicted molar refractivity (Wildman–Crippen MR) is 224 cm³/mol. The van der Waals surface area contributed by atoms with Gasteiger partial charge in [-0.15, -0.1) is 0 Å². The highest BCUT2D eigenvalue weighted by Crippen LogP contribution is 2.30. The summed E-state index contributed by atoms with van der Waals surface area (Å²) in [6, 6.07) is 17.0. The summed E-state index contributed by atoms with van der Waals surface area (Å²) in [7, 11) is 0. The molecule has 1 saturated heterocycles. The number of benzene rings is 3. The van der Waals surface area contributed by atoms with E-state index >= 15 is 0 Å². The number of nitrogens with one attached hydrogen (secondary N) is 6. The molecule has 5 amide bonds. The van der Waals surface area contributed by atoms with E-state index in [0.29, 0.717) is 60.9 Å². The molecule has 0 bridgehead atoms. The van der Waals surface area contributed by atoms with E-state index in [2.05, 4.69) is 31.5 Å². The molecule has 2 unspecified atom stereocenters. The number of aromatic nitrogens is 2. The molecule has 3 atom stereocenters. The fourth-order valence-corrected chi connectivity index (χ4v) is 8.05. The topological polar surface area (TPSA) is 215 Å². The number of amides is 5. The molecule has 2 heterocycles. The molecule has 1 aliphatic carbocycles. The number of anilines is 1. The first-order valence-corrected chi connectivity index (χ1v) is 20.3. The van der Waals surface area contributed by atoms with Gasteiger partial charge in [-0.05, 0) is 132 Å². The highest BCUT2D eigenvalue weighted by molar-refractivity contribution is 5.99. The molecule has 2 fully saturated rings. The molecule has 1 saturated carbocycles. The third-order valence-corrected chi connectivity index (χ3v) is 11.3. The zero-order chi connectivity index (χ0) is 42.4. The molecule has 1 aromatic heterocycles. The molecule has 1 aliphatic heterocycles. The lowest BCUT2D eigenvalue weighted by atomic mass is 9.81. The number of alkyl carbamates (subject to hydrolysis) is 1. The molecular formula is C44H55N7O8. The number of nitrogens with zero attached hydrogens (tertiary/aromatic N) is 1. The first-order chi connectivity index (χ1) is 28.0. The van der Waals surface area contributed by atoms with Crippen LogP contribution in [0.15, 0.2) is 65.5 Å². The fourth-order valence-electron chi connectivity index (χ4n) is 8.05. The minimum atomic E-state index is -0.946. The Morgan fingerprint density at radius 3 is 2.32 bits per heavy atom. The molecule has 0 spiro atoms. The Balaban J connectivity index is 1.10. The lowest BCUT2D eigenvalue weighted by Crippen LogP contribution is -2.50. The van der Waals surface area contributed by atoms with Crippen LogP contribution in [-0.2, 0) is 20.7 Å². The highest BCUT2D eigenvalue weighted by atomic mass is 16.6. The summed E-state index contributed by atoms with van der Waals surface area (Å²) in [5, 5.41) is 27.0. The van der Waals surface area contributed by atoms with Gasteiger partial charge in [0.1, 0.15) is 11.6 Å². The monoisotopic (exact) mass is 809 g/mol. The van der Waals surface area contributed by atoms with Crippen LogP contribution in [0.2, 0.25) is 0 Å². The number of hydrogen-bond donors (Lipinski definition) is 7. The number of H-pyrrole nitrogens is 2. The maximum absolute atomic E-state index is 13.9. The molecule has 0 radical (unpaired) electrons. The average molecular weight is 810 g/mol. The van der Waals surface area contributed by atoms with E-state index in [-0.39, 0.29) is 47.7 Å². The van der Waals surface area contributed by atoms with E-state index in [1.165, 1.54) is 4.90 Å². The van der Waals surface area contributed by atoms with Gasteiger partial charge >= 0.3 is 12.2 Å². The van der Waals surface area contributed by atoms with E-state index in [1.54, 1.807) is 24.3 Å². The Morgan fingerprint density at radius 1 is 0.932 bits per heavy atom. The van der Waals surface area contributed by atoms with Gasteiger partial charge < -0.3 is 36.0 Å². The van der Waals surface area contributed by atoms with Crippen LogP contribution in [0.3, 0.4) is 0 Å². The van der Waals surface area contributed by atoms with E-state index in [9.17, 15) is 33.9 Å². The lowest BCUT2D eigenvalue weighted by Gasteiger charge is -2.36. The van der Waals surface area contributed by atoms with Crippen LogP contribution in [-0.4, -0.2) is 86.9 Å². The van der Waals surface area contributed by atoms with E-state index < -0.39 is 29.7 Å². The van der Waals surface area contributed by atoms with Crippen molar-refractivity contribution in [2.75, 3.05) is 18.4 Å². The number of rotatable bonds is 11. The van der Waals surface area contributed by atoms with Gasteiger partial charge in [0, 0.05) is 48.8 Å². The van der Waals surface area contributed by atoms with Crippen molar-refractivity contribution < 1.29 is 33.8 Å². The van der Waals surface area contributed by atoms with Crippen LogP contribution in [0.5, 0.6) is 0 Å². The summed E-state index contributed by atoms with van der Waals surface area (Å²) < 4.78 is 5.35. The van der Waals surface area contributed by atoms with E-state index in [1.807, 2.05) is 71.0 Å². The summed E-state index contributed by atoms with van der Waals surface area (Å²) >= 11 is 0. The van der Waals surface area contributed by atoms with Crippen LogP contribution in [0, 0.1) is 18.8 Å². The summed E-state index contributed by atoms with van der Waals surface area (Å²) in [6.45, 7) is 10.1. The van der Waals surface area contributed by atoms with Gasteiger partial charge in [0.05, 0.1) is 10.9 Å². The van der Waals surface area contributed by atoms with Gasteiger partial charge in [-0.1, -0.05) is 30.3 Å². The molecule has 59 heavy (non-hydrogen) atoms. The van der Waals surface area contributed by atoms with Crippen LogP contribution in [0.1, 0.15) is 87.7 Å². The van der Waals surface area contributed by atoms with Crippen molar-refractivity contribution in [2.45, 2.75) is 103 Å². The standard InChI is InChI=1S/C44H55N7O8/c1-25-20-31(39(53)46-33-18-19-51(43(57)58)26(2)21-33)14-16-34(25)29-10-6-27(7-11-29)22-37(41(55)47-32-15-17-35-36(23-32)49-50-40(35)54)48-38(52)30-12-8-28(9-13-30)24-45-42(56)59-44(3,4)5/h6-7,10-11,14-17,20,23,26,28,30,33,37H,8-9,12-13,18-19,21-22,24H2,1-5H3,(H,45,56)(H,46,53)(H,47,55)(H,48,52)(H,57,58)(H2,49,50,54)/t26?,28-,30-,33?,37-/m0/s1. The number of fused-ring (bicyclic) bond motifs is 1. The van der Waals surface area contributed by atoms with Crippen LogP contribution in [0.25, 0.3) is 22.0 Å². The fraction of sp³-hybridized carbons (Fsp3) is 0.455. The number of likely N-dealkylation sites (tertiary alicyclic amines) is 1. The highest BCUT2D eigenvalue weighted by Gasteiger charge is 2.31. The normalized spacial score (nSPS) is 20.0. The van der Waals surface area contributed by atoms with Gasteiger partial charge in [-0.2, -0.15) is 0 Å². The SMILES string of the molecule is Cc1cc(C(=O)NC2CCN(C(=O)O)C(C)C2)ccc1-c1ccc(C[C@H](NC(=O)[C@H]2CC[C@H](CNC(=O)OC(C)(C)C)CC2)C(=O)Nc2ccc3c(=O)[nH][nH]c3c2)cc1. The minimum Gasteiger partial charge on any atom is -0.465 e. The molecule has 15 nitrogen and oxygen atoms in total. The third-order valence-electron chi connectivity index (χ3n) is 11.3. The average Bonchev–Trinajstić information content (AvgIpc) is 3.55. The van der Waals surface area contributed by atoms with E-state index in [4.69, 9.17) is 4.74 Å². The Bertz CT molecular complexity index is 2230. The number of piperidine rings is 1. The van der Waals surface area contributed by atoms with Crippen molar-refractivity contribution in [3.05, 3.63) is 87.7 Å². The minimum absolute atomic E-state index is 0.112. The van der Waals surface area contributed by atoms with Crippen LogP contribution in [0.4, 0.5) is 15.3 Å². The number of aryl methyl sites for hydroxylation is 1. The number of carbonyl (C=O) groups excluding carboxylic acids is 4. The third kappa shape index (κ3) is 11.1. The first-order valence-electron chi connectivity index (χ1n) is 20.3. The maximum Gasteiger partial charge on any atom is 0.407 e. The van der Waals surface area contributed by atoms with Crippen molar-refractivity contribution in [2.24, 2.45) is 11.8 Å². The van der Waals surface area contributed by atoms with Crippen molar-refractivity contribution >= 4 is 46.5 Å². The lowest BCUT2D eigenvalue weighted by molar-refractivity contribution is -0.130. The van der Waals surface area contributed by atoms with Crippen molar-refractivity contribution in [3.8, 4) is 11.1 Å². The Labute approximate surface area is 343 Å². The van der Waals surface area contributed by atoms with Crippen molar-refractivity contribution in [1.82, 2.24) is 31.0 Å². The Kier molecular flexibility index (Phi) is 13.1. The number of carbonyl (C=O) groups is 5. The van der Waals surface area contributed by atoms with Crippen molar-refractivity contribution in [3.63, 3.8) is 0 Å². The second kappa shape index (κ2) is 18.2. The summed E-state index contributed by atoms with van der Waals surface area (Å²) in [6.07, 6.45) is 2.67. The molecule has 6 rings (SSSR count). The van der Waals surface area contributed by atoms with Gasteiger partial charge in [-0.25, -0.2) is 9.59 Å². The predicted octanol–water partition coefficient (Wildman–Crippen LogP) is 6.09. The second-order valence-electron chi connectivity index (χ2n) is 16.9. The van der Waals surface area contributed by atoms with Crippen molar-refractivity contribution in [1.29, 1.82) is 0 Å². The first kappa shape index (κ1) is 42.5. The number of aromatic amines is 2. The maximum atomic E-state index is 13.9. The zero-order valence-electron chi connectivity index (χ0n) is 34.3. The summed E-state index contributed by atoms with van der Waals surface area (Å²) in [5.41, 5.74) is 4.27. The smallest absolute Gasteiger partial charge is 0.407 e. The summed E-state index contributed by atoms with van der Waals surface area (Å²) in [5.74, 6) is -0.873. The van der Waals surface area contributed by atoms with E-state index in [0.717, 1.165) is 35.1 Å². The summed E-state index contributed by atoms with van der Waals surface area (Å²) in [4.78, 5) is 77.7. The Hall–Kier alpha value is -6.12. The van der Waals surface area contributed by atoms with Gasteiger partial charge in [0.15, 0.2) is 0 Å². The molecule has 7 N–H and O–H groups in total. The molecule has 4 aromatic rings. The molecular weight excluding hydrogens is 755 g/mol.